The molecule has 0 aliphatic heterocycles. The molecule has 0 saturated carbocycles. The zero-order valence-electron chi connectivity index (χ0n) is 13.2. The van der Waals surface area contributed by atoms with Crippen molar-refractivity contribution in [1.29, 1.82) is 0 Å². The summed E-state index contributed by atoms with van der Waals surface area (Å²) in [5.74, 6) is 0. The topological polar surface area (TPSA) is 52.7 Å². The first kappa shape index (κ1) is 14.4. The minimum absolute atomic E-state index is 0.0847. The molecule has 118 valence electrons. The predicted molar refractivity (Wildman–Crippen MR) is 93.4 cm³/mol. The Morgan fingerprint density at radius 2 is 1.62 bits per heavy atom. The van der Waals surface area contributed by atoms with Gasteiger partial charge in [-0.2, -0.15) is 5.10 Å². The van der Waals surface area contributed by atoms with Crippen molar-refractivity contribution in [1.82, 2.24) is 19.3 Å². The highest BCUT2D eigenvalue weighted by Gasteiger charge is 2.15. The standard InChI is InChI=1S/C19H16N4O/c1-14(15-8-4-2-5-9-15)22-13-20-18-17(19(22)24)12-21-23(18)16-10-6-3-7-11-16/h2-14H,1H3/t14-/m0/s1. The molecule has 2 heterocycles. The van der Waals surface area contributed by atoms with Crippen LogP contribution in [0.15, 0.2) is 78.0 Å². The number of rotatable bonds is 3. The van der Waals surface area contributed by atoms with E-state index in [0.29, 0.717) is 11.0 Å². The van der Waals surface area contributed by atoms with Gasteiger partial charge in [0.1, 0.15) is 11.7 Å². The molecule has 1 atom stereocenters. The van der Waals surface area contributed by atoms with E-state index in [2.05, 4.69) is 10.1 Å². The summed E-state index contributed by atoms with van der Waals surface area (Å²) >= 11 is 0. The van der Waals surface area contributed by atoms with E-state index in [9.17, 15) is 4.79 Å². The Balaban J connectivity index is 1.84. The number of nitrogens with zero attached hydrogens (tertiary/aromatic N) is 4. The number of fused-ring (bicyclic) bond motifs is 1. The lowest BCUT2D eigenvalue weighted by atomic mass is 10.1. The first-order valence-corrected chi connectivity index (χ1v) is 7.81. The quantitative estimate of drug-likeness (QED) is 0.583. The molecule has 0 saturated heterocycles. The first-order valence-electron chi connectivity index (χ1n) is 7.81. The summed E-state index contributed by atoms with van der Waals surface area (Å²) in [7, 11) is 0. The lowest BCUT2D eigenvalue weighted by Gasteiger charge is -2.15. The number of para-hydroxylation sites is 1. The average Bonchev–Trinajstić information content (AvgIpc) is 3.08. The Bertz CT molecular complexity index is 1040. The fraction of sp³-hybridized carbons (Fsp3) is 0.105. The molecule has 0 N–H and O–H groups in total. The largest absolute Gasteiger partial charge is 0.291 e. The normalized spacial score (nSPS) is 12.4. The molecule has 0 aliphatic rings. The van der Waals surface area contributed by atoms with Gasteiger partial charge in [0.15, 0.2) is 5.65 Å². The zero-order chi connectivity index (χ0) is 16.5. The molecule has 0 amide bonds. The molecule has 0 fully saturated rings. The third-order valence-electron chi connectivity index (χ3n) is 4.21. The number of benzene rings is 2. The van der Waals surface area contributed by atoms with Crippen LogP contribution in [0.4, 0.5) is 0 Å². The fourth-order valence-corrected chi connectivity index (χ4v) is 2.85. The van der Waals surface area contributed by atoms with E-state index in [0.717, 1.165) is 11.3 Å². The SMILES string of the molecule is C[C@@H](c1ccccc1)n1cnc2c(cnn2-c2ccccc2)c1=O. The highest BCUT2D eigenvalue weighted by atomic mass is 16.1. The van der Waals surface area contributed by atoms with Crippen molar-refractivity contribution in [2.45, 2.75) is 13.0 Å². The minimum Gasteiger partial charge on any atom is -0.291 e. The molecular formula is C19H16N4O. The van der Waals surface area contributed by atoms with Crippen LogP contribution in [0.3, 0.4) is 0 Å². The van der Waals surface area contributed by atoms with Crippen molar-refractivity contribution in [3.05, 3.63) is 89.1 Å². The lowest BCUT2D eigenvalue weighted by molar-refractivity contribution is 0.608. The second-order valence-corrected chi connectivity index (χ2v) is 5.67. The molecular weight excluding hydrogens is 300 g/mol. The van der Waals surface area contributed by atoms with Gasteiger partial charge in [-0.3, -0.25) is 9.36 Å². The summed E-state index contributed by atoms with van der Waals surface area (Å²) in [6.45, 7) is 1.99. The molecule has 5 nitrogen and oxygen atoms in total. The molecule has 4 aromatic rings. The molecule has 4 rings (SSSR count). The molecule has 0 bridgehead atoms. The van der Waals surface area contributed by atoms with Crippen molar-refractivity contribution >= 4 is 11.0 Å². The van der Waals surface area contributed by atoms with Crippen LogP contribution in [0, 0.1) is 0 Å². The van der Waals surface area contributed by atoms with Crippen LogP contribution in [-0.4, -0.2) is 19.3 Å². The summed E-state index contributed by atoms with van der Waals surface area (Å²) in [6.07, 6.45) is 3.19. The van der Waals surface area contributed by atoms with Crippen LogP contribution >= 0.6 is 0 Å². The maximum absolute atomic E-state index is 12.9. The maximum atomic E-state index is 12.9. The third-order valence-corrected chi connectivity index (χ3v) is 4.21. The Kier molecular flexibility index (Phi) is 3.46. The summed E-state index contributed by atoms with van der Waals surface area (Å²) in [6, 6.07) is 19.5. The van der Waals surface area contributed by atoms with E-state index in [1.807, 2.05) is 67.6 Å². The number of hydrogen-bond acceptors (Lipinski definition) is 3. The fourth-order valence-electron chi connectivity index (χ4n) is 2.85. The van der Waals surface area contributed by atoms with E-state index in [1.165, 1.54) is 0 Å². The predicted octanol–water partition coefficient (Wildman–Crippen LogP) is 3.19. The van der Waals surface area contributed by atoms with E-state index < -0.39 is 0 Å². The summed E-state index contributed by atoms with van der Waals surface area (Å²) in [4.78, 5) is 17.3. The summed E-state index contributed by atoms with van der Waals surface area (Å²) in [5, 5.41) is 4.86. The Labute approximate surface area is 138 Å². The second-order valence-electron chi connectivity index (χ2n) is 5.67. The Hall–Kier alpha value is -3.21. The highest BCUT2D eigenvalue weighted by molar-refractivity contribution is 5.74. The van der Waals surface area contributed by atoms with E-state index in [4.69, 9.17) is 0 Å². The lowest BCUT2D eigenvalue weighted by Crippen LogP contribution is -2.24. The number of aromatic nitrogens is 4. The van der Waals surface area contributed by atoms with Crippen LogP contribution < -0.4 is 5.56 Å². The van der Waals surface area contributed by atoms with Crippen molar-refractivity contribution in [3.63, 3.8) is 0 Å². The second kappa shape index (κ2) is 5.77. The van der Waals surface area contributed by atoms with Gasteiger partial charge >= 0.3 is 0 Å². The first-order chi connectivity index (χ1) is 11.8. The monoisotopic (exact) mass is 316 g/mol. The molecule has 24 heavy (non-hydrogen) atoms. The van der Waals surface area contributed by atoms with Gasteiger partial charge < -0.3 is 0 Å². The smallest absolute Gasteiger partial charge is 0.265 e. The molecule has 2 aromatic carbocycles. The molecule has 0 radical (unpaired) electrons. The Morgan fingerprint density at radius 1 is 0.958 bits per heavy atom. The van der Waals surface area contributed by atoms with Crippen LogP contribution in [0.1, 0.15) is 18.5 Å². The van der Waals surface area contributed by atoms with Crippen LogP contribution in [-0.2, 0) is 0 Å². The molecule has 0 unspecified atom stereocenters. The van der Waals surface area contributed by atoms with Gasteiger partial charge in [-0.25, -0.2) is 9.67 Å². The average molecular weight is 316 g/mol. The van der Waals surface area contributed by atoms with Crippen LogP contribution in [0.5, 0.6) is 0 Å². The van der Waals surface area contributed by atoms with E-state index in [1.54, 1.807) is 21.8 Å². The van der Waals surface area contributed by atoms with Crippen LogP contribution in [0.2, 0.25) is 0 Å². The molecule has 0 aliphatic carbocycles. The van der Waals surface area contributed by atoms with Gasteiger partial charge in [-0.05, 0) is 24.6 Å². The Morgan fingerprint density at radius 3 is 2.33 bits per heavy atom. The molecule has 2 aromatic heterocycles. The van der Waals surface area contributed by atoms with Gasteiger partial charge in [0.2, 0.25) is 0 Å². The van der Waals surface area contributed by atoms with Gasteiger partial charge in [0.25, 0.3) is 5.56 Å². The molecule has 5 heteroatoms. The van der Waals surface area contributed by atoms with Crippen LogP contribution in [0.25, 0.3) is 16.7 Å². The third kappa shape index (κ3) is 2.31. The van der Waals surface area contributed by atoms with Gasteiger partial charge in [0.05, 0.1) is 17.9 Å². The number of hydrogen-bond donors (Lipinski definition) is 0. The minimum atomic E-state index is -0.0873. The van der Waals surface area contributed by atoms with Crippen molar-refractivity contribution in [2.75, 3.05) is 0 Å². The van der Waals surface area contributed by atoms with Gasteiger partial charge in [-0.1, -0.05) is 48.5 Å². The van der Waals surface area contributed by atoms with Gasteiger partial charge in [0, 0.05) is 0 Å². The summed E-state index contributed by atoms with van der Waals surface area (Å²) < 4.78 is 3.34. The maximum Gasteiger partial charge on any atom is 0.265 e. The van der Waals surface area contributed by atoms with Crippen molar-refractivity contribution in [2.24, 2.45) is 0 Å². The van der Waals surface area contributed by atoms with E-state index in [-0.39, 0.29) is 11.6 Å². The van der Waals surface area contributed by atoms with Crippen molar-refractivity contribution < 1.29 is 0 Å². The van der Waals surface area contributed by atoms with E-state index >= 15 is 0 Å². The summed E-state index contributed by atoms with van der Waals surface area (Å²) in [5.41, 5.74) is 2.44. The van der Waals surface area contributed by atoms with Crippen molar-refractivity contribution in [3.8, 4) is 5.69 Å². The molecule has 0 spiro atoms. The highest BCUT2D eigenvalue weighted by Crippen LogP contribution is 2.18. The zero-order valence-corrected chi connectivity index (χ0v) is 13.2. The van der Waals surface area contributed by atoms with Gasteiger partial charge in [-0.15, -0.1) is 0 Å².